The van der Waals surface area contributed by atoms with Gasteiger partial charge in [0.2, 0.25) is 65.0 Å². The van der Waals surface area contributed by atoms with Gasteiger partial charge in [0.1, 0.15) is 66.5 Å². The number of amides is 11. The Hall–Kier alpha value is -9.90. The molecule has 40 heteroatoms. The predicted octanol–water partition coefficient (Wildman–Crippen LogP) is -12.3. The van der Waals surface area contributed by atoms with Gasteiger partial charge in [0.25, 0.3) is 0 Å². The third kappa shape index (κ3) is 29.6. The third-order valence-corrected chi connectivity index (χ3v) is 12.9. The standard InChI is InChI=1S/C52H84N18O22/c1-23(2)38(69-35(76)18-53)48(89)67-32(20-72)45(86)66-34(22-74)47(88)70-39(24(3)75)49(90)68-33(21-73)46(87)65-31(19-71)44(85)64-30(17-37(79)80)43(84)62-28(15-25-9-5-4-6-10-25)41(82)60-26(11-7-13-58-51(54)55)40(81)63-29(16-36(77)78)42(83)61-27(50(91)92)12-8-14-59-52(56)57/h4-6,9-10,23-24,26-34,38-39,71-75H,7-8,11-22,53H2,1-3H3,(H,60,82)(H,61,83)(H,62,84)(H,63,81)(H,64,85)(H,65,87)(H,66,86)(H,67,89)(H,68,90)(H,69,76)(H,70,88)(H,77,78)(H,79,80)(H,91,92)(H4,54,55,58)(H4,56,57,59)/t24-,26+,27+,28+,29+,30+,31+,32+,33+,34+,38+,39+/m1/s1. The average molecular weight is 1310 g/mol. The van der Waals surface area contributed by atoms with E-state index in [2.05, 4.69) is 41.9 Å². The van der Waals surface area contributed by atoms with E-state index in [1.807, 2.05) is 26.6 Å². The van der Waals surface area contributed by atoms with E-state index in [0.717, 1.165) is 6.92 Å². The Bertz CT molecular complexity index is 2770. The van der Waals surface area contributed by atoms with Crippen molar-refractivity contribution < 1.29 is 108 Å². The fraction of sp³-hybridized carbons (Fsp3) is 0.577. The number of aliphatic hydroxyl groups is 5. The zero-order valence-corrected chi connectivity index (χ0v) is 50.4. The summed E-state index contributed by atoms with van der Waals surface area (Å²) in [5.74, 6) is -19.9. The Morgan fingerprint density at radius 1 is 0.424 bits per heavy atom. The van der Waals surface area contributed by atoms with Crippen LogP contribution in [-0.4, -0.2) is 254 Å². The molecule has 1 aromatic rings. The Morgan fingerprint density at radius 3 is 1.12 bits per heavy atom. The number of nitrogens with zero attached hydrogens (tertiary/aromatic N) is 2. The molecular weight excluding hydrogens is 1230 g/mol. The molecule has 0 aliphatic heterocycles. The van der Waals surface area contributed by atoms with Gasteiger partial charge in [-0.1, -0.05) is 44.2 Å². The van der Waals surface area contributed by atoms with Gasteiger partial charge < -0.3 is 128 Å². The molecule has 514 valence electrons. The average Bonchev–Trinajstić information content (AvgIpc) is 1.16. The monoisotopic (exact) mass is 1310 g/mol. The smallest absolute Gasteiger partial charge is 0.326 e. The molecule has 0 unspecified atom stereocenters. The molecule has 0 aliphatic carbocycles. The second-order valence-electron chi connectivity index (χ2n) is 20.6. The second kappa shape index (κ2) is 41.4. The summed E-state index contributed by atoms with van der Waals surface area (Å²) in [6, 6.07) is -12.9. The Morgan fingerprint density at radius 2 is 0.750 bits per heavy atom. The van der Waals surface area contributed by atoms with Crippen LogP contribution in [0.5, 0.6) is 0 Å². The molecule has 0 saturated carbocycles. The molecule has 1 aromatic carbocycles. The fourth-order valence-corrected chi connectivity index (χ4v) is 7.99. The first-order chi connectivity index (χ1) is 43.2. The van der Waals surface area contributed by atoms with Crippen molar-refractivity contribution >= 4 is 94.8 Å². The van der Waals surface area contributed by atoms with Gasteiger partial charge in [0.05, 0.1) is 51.9 Å². The van der Waals surface area contributed by atoms with E-state index in [4.69, 9.17) is 28.7 Å². The van der Waals surface area contributed by atoms with Crippen LogP contribution in [-0.2, 0) is 73.5 Å². The number of nitrogens with two attached hydrogens (primary N) is 5. The van der Waals surface area contributed by atoms with E-state index >= 15 is 0 Å². The molecule has 0 fully saturated rings. The van der Waals surface area contributed by atoms with Gasteiger partial charge in [0.15, 0.2) is 11.9 Å². The normalized spacial score (nSPS) is 14.8. The highest BCUT2D eigenvalue weighted by Gasteiger charge is 2.38. The van der Waals surface area contributed by atoms with Crippen LogP contribution in [0.1, 0.15) is 64.9 Å². The lowest BCUT2D eigenvalue weighted by atomic mass is 10.0. The number of hydrogen-bond donors (Lipinski definition) is 24. The van der Waals surface area contributed by atoms with Crippen LogP contribution in [0.3, 0.4) is 0 Å². The van der Waals surface area contributed by atoms with Crippen molar-refractivity contribution in [1.82, 2.24) is 58.5 Å². The number of nitrogens with one attached hydrogen (secondary N) is 11. The van der Waals surface area contributed by atoms with Crippen LogP contribution in [0.2, 0.25) is 0 Å². The van der Waals surface area contributed by atoms with E-state index in [1.165, 1.54) is 24.3 Å². The summed E-state index contributed by atoms with van der Waals surface area (Å²) < 4.78 is 0. The van der Waals surface area contributed by atoms with Gasteiger partial charge in [-0.2, -0.15) is 0 Å². The number of benzene rings is 1. The quantitative estimate of drug-likeness (QED) is 0.0164. The summed E-state index contributed by atoms with van der Waals surface area (Å²) in [7, 11) is 0. The van der Waals surface area contributed by atoms with Crippen molar-refractivity contribution in [3.8, 4) is 0 Å². The highest BCUT2D eigenvalue weighted by molar-refractivity contribution is 6.00. The molecule has 92 heavy (non-hydrogen) atoms. The number of hydrogen-bond acceptors (Lipinski definition) is 22. The molecule has 40 nitrogen and oxygen atoms in total. The first kappa shape index (κ1) is 80.1. The van der Waals surface area contributed by atoms with Crippen LogP contribution in [0.15, 0.2) is 40.3 Å². The van der Waals surface area contributed by atoms with Crippen molar-refractivity contribution in [3.63, 3.8) is 0 Å². The van der Waals surface area contributed by atoms with E-state index in [9.17, 15) is 108 Å². The van der Waals surface area contributed by atoms with Gasteiger partial charge in [-0.25, -0.2) is 4.79 Å². The number of guanidine groups is 2. The van der Waals surface area contributed by atoms with E-state index in [1.54, 1.807) is 19.9 Å². The number of aliphatic imine (C=N–C) groups is 2. The maximum absolute atomic E-state index is 14.3. The van der Waals surface area contributed by atoms with Gasteiger partial charge in [-0.15, -0.1) is 0 Å². The molecule has 0 saturated heterocycles. The van der Waals surface area contributed by atoms with Gasteiger partial charge in [-0.05, 0) is 44.1 Å². The van der Waals surface area contributed by atoms with Crippen molar-refractivity contribution in [2.45, 2.75) is 138 Å². The lowest BCUT2D eigenvalue weighted by Gasteiger charge is -2.28. The summed E-state index contributed by atoms with van der Waals surface area (Å²) in [4.78, 5) is 191. The van der Waals surface area contributed by atoms with Crippen molar-refractivity contribution in [2.24, 2.45) is 44.6 Å². The van der Waals surface area contributed by atoms with Gasteiger partial charge >= 0.3 is 17.9 Å². The maximum Gasteiger partial charge on any atom is 0.326 e. The van der Waals surface area contributed by atoms with Crippen molar-refractivity contribution in [2.75, 3.05) is 46.1 Å². The number of aliphatic hydroxyl groups excluding tert-OH is 5. The molecule has 0 bridgehead atoms. The maximum atomic E-state index is 14.3. The summed E-state index contributed by atoms with van der Waals surface area (Å²) in [6.07, 6.45) is -5.30. The predicted molar refractivity (Wildman–Crippen MR) is 317 cm³/mol. The molecule has 11 amide bonds. The summed E-state index contributed by atoms with van der Waals surface area (Å²) in [5, 5.41) is 104. The summed E-state index contributed by atoms with van der Waals surface area (Å²) in [5.41, 5.74) is 27.1. The SMILES string of the molecule is CC(C)[C@H](NC(=O)CN)C(=O)N[C@@H](CO)C(=O)N[C@@H](CO)C(=O)N[C@H](C(=O)N[C@@H](CO)C(=O)N[C@@H](CO)C(=O)N[C@@H](CC(=O)O)C(=O)N[C@@H](Cc1ccccc1)C(=O)N[C@@H](CCCN=C(N)N)C(=O)N[C@@H](CC(=O)O)C(=O)N[C@@H](CCCN=C(N)N)C(=O)O)[C@@H](C)O. The molecule has 29 N–H and O–H groups in total. The molecule has 1 rings (SSSR count). The number of carbonyl (C=O) groups excluding carboxylic acids is 11. The van der Waals surface area contributed by atoms with Gasteiger partial charge in [-0.3, -0.25) is 72.3 Å². The zero-order chi connectivity index (χ0) is 69.9. The minimum atomic E-state index is -2.16. The first-order valence-electron chi connectivity index (χ1n) is 28.2. The zero-order valence-electron chi connectivity index (χ0n) is 50.4. The first-order valence-corrected chi connectivity index (χ1v) is 28.2. The van der Waals surface area contributed by atoms with Gasteiger partial charge in [0, 0.05) is 19.5 Å². The highest BCUT2D eigenvalue weighted by Crippen LogP contribution is 2.10. The van der Waals surface area contributed by atoms with Crippen LogP contribution >= 0.6 is 0 Å². The van der Waals surface area contributed by atoms with Crippen molar-refractivity contribution in [1.29, 1.82) is 0 Å². The summed E-state index contributed by atoms with van der Waals surface area (Å²) in [6.45, 7) is -1.51. The number of rotatable bonds is 43. The molecule has 0 radical (unpaired) electrons. The number of carbonyl (C=O) groups is 14. The molecule has 0 spiro atoms. The number of carboxylic acids is 3. The largest absolute Gasteiger partial charge is 0.481 e. The second-order valence-corrected chi connectivity index (χ2v) is 20.6. The van der Waals surface area contributed by atoms with Crippen LogP contribution in [0, 0.1) is 5.92 Å². The minimum Gasteiger partial charge on any atom is -0.481 e. The molecule has 0 aromatic heterocycles. The van der Waals surface area contributed by atoms with Crippen LogP contribution < -0.4 is 87.2 Å². The Balaban J connectivity index is 3.47. The Kier molecular flexibility index (Phi) is 36.1. The fourth-order valence-electron chi connectivity index (χ4n) is 7.99. The highest BCUT2D eigenvalue weighted by atomic mass is 16.4. The third-order valence-electron chi connectivity index (χ3n) is 12.9. The van der Waals surface area contributed by atoms with E-state index in [0.29, 0.717) is 5.56 Å². The lowest BCUT2D eigenvalue weighted by molar-refractivity contribution is -0.144. The lowest BCUT2D eigenvalue weighted by Crippen LogP contribution is -2.63. The van der Waals surface area contributed by atoms with Crippen LogP contribution in [0.4, 0.5) is 0 Å². The topological polar surface area (TPSA) is 688 Å². The molecule has 12 atom stereocenters. The number of aliphatic carboxylic acids is 3. The van der Waals surface area contributed by atoms with Crippen molar-refractivity contribution in [3.05, 3.63) is 35.9 Å². The van der Waals surface area contributed by atoms with E-state index in [-0.39, 0.29) is 50.7 Å². The molecule has 0 aliphatic rings. The van der Waals surface area contributed by atoms with Crippen LogP contribution in [0.25, 0.3) is 0 Å². The van der Waals surface area contributed by atoms with E-state index < -0.39 is 214 Å². The summed E-state index contributed by atoms with van der Waals surface area (Å²) >= 11 is 0. The molecule has 0 heterocycles. The Labute approximate surface area is 524 Å². The minimum absolute atomic E-state index is 0.0307. The number of carboxylic acid groups (broad SMARTS) is 3. The molecular formula is C52H84N18O22.